The van der Waals surface area contributed by atoms with Gasteiger partial charge in [0.15, 0.2) is 0 Å². The molecule has 32 heavy (non-hydrogen) atoms. The molecule has 164 valence electrons. The lowest BCUT2D eigenvalue weighted by atomic mass is 10.1. The number of hydrogen-bond donors (Lipinski definition) is 2. The predicted octanol–water partition coefficient (Wildman–Crippen LogP) is 4.23. The second-order valence-electron chi connectivity index (χ2n) is 7.44. The molecular weight excluding hydrogens is 409 g/mol. The van der Waals surface area contributed by atoms with Gasteiger partial charge >= 0.3 is 0 Å². The molecule has 1 heterocycles. The Morgan fingerprint density at radius 2 is 1.62 bits per heavy atom. The average molecular weight is 433 g/mol. The number of benzene rings is 3. The van der Waals surface area contributed by atoms with Crippen LogP contribution in [0.2, 0.25) is 0 Å². The molecule has 0 fully saturated rings. The van der Waals surface area contributed by atoms with Crippen molar-refractivity contribution in [1.82, 2.24) is 9.88 Å². The fourth-order valence-corrected chi connectivity index (χ4v) is 3.76. The summed E-state index contributed by atoms with van der Waals surface area (Å²) < 4.78 is 20.4. The lowest BCUT2D eigenvalue weighted by Crippen LogP contribution is -2.29. The number of ether oxygens (including phenoxy) is 1. The van der Waals surface area contributed by atoms with Gasteiger partial charge in [0.2, 0.25) is 11.8 Å². The van der Waals surface area contributed by atoms with Gasteiger partial charge in [-0.1, -0.05) is 30.3 Å². The summed E-state index contributed by atoms with van der Waals surface area (Å²) >= 11 is 0. The van der Waals surface area contributed by atoms with Crippen molar-refractivity contribution in [2.45, 2.75) is 20.0 Å². The van der Waals surface area contributed by atoms with E-state index >= 15 is 0 Å². The largest absolute Gasteiger partial charge is 0.362 e. The van der Waals surface area contributed by atoms with Crippen molar-refractivity contribution < 1.29 is 18.7 Å². The van der Waals surface area contributed by atoms with Gasteiger partial charge in [0.05, 0.1) is 0 Å². The van der Waals surface area contributed by atoms with Crippen LogP contribution >= 0.6 is 0 Å². The van der Waals surface area contributed by atoms with E-state index in [1.807, 2.05) is 30.3 Å². The Morgan fingerprint density at radius 3 is 2.41 bits per heavy atom. The summed E-state index contributed by atoms with van der Waals surface area (Å²) in [5.41, 5.74) is 3.72. The van der Waals surface area contributed by atoms with E-state index in [0.717, 1.165) is 33.9 Å². The van der Waals surface area contributed by atoms with Crippen LogP contribution in [-0.4, -0.2) is 29.6 Å². The number of aryl methyl sites for hydroxylation is 1. The van der Waals surface area contributed by atoms with Crippen molar-refractivity contribution in [3.05, 3.63) is 78.1 Å². The van der Waals surface area contributed by atoms with Crippen molar-refractivity contribution in [3.63, 3.8) is 0 Å². The van der Waals surface area contributed by atoms with Crippen molar-refractivity contribution in [1.29, 1.82) is 0 Å². The maximum Gasteiger partial charge on any atom is 0.250 e. The monoisotopic (exact) mass is 433 g/mol. The first-order chi connectivity index (χ1) is 15.5. The van der Waals surface area contributed by atoms with Crippen LogP contribution in [0, 0.1) is 5.82 Å². The fraction of sp³-hybridized carbons (Fsp3) is 0.200. The van der Waals surface area contributed by atoms with E-state index in [2.05, 4.69) is 34.3 Å². The van der Waals surface area contributed by atoms with Crippen LogP contribution in [0.3, 0.4) is 0 Å². The highest BCUT2D eigenvalue weighted by molar-refractivity contribution is 6.09. The molecule has 4 aromatic rings. The maximum absolute atomic E-state index is 12.9. The maximum atomic E-state index is 12.9. The third-order valence-corrected chi connectivity index (χ3v) is 5.24. The number of fused-ring (bicyclic) bond motifs is 3. The molecule has 0 aliphatic heterocycles. The molecule has 7 heteroatoms. The van der Waals surface area contributed by atoms with Crippen molar-refractivity contribution >= 4 is 39.3 Å². The van der Waals surface area contributed by atoms with Gasteiger partial charge in [-0.05, 0) is 48.9 Å². The summed E-state index contributed by atoms with van der Waals surface area (Å²) in [5, 5.41) is 7.69. The number of amides is 2. The zero-order valence-corrected chi connectivity index (χ0v) is 17.7. The molecule has 1 aromatic heterocycles. The molecule has 3 aromatic carbocycles. The Labute approximate surface area is 185 Å². The van der Waals surface area contributed by atoms with Crippen LogP contribution in [-0.2, 0) is 27.4 Å². The molecule has 0 saturated heterocycles. The van der Waals surface area contributed by atoms with Gasteiger partial charge in [-0.15, -0.1) is 0 Å². The van der Waals surface area contributed by atoms with Crippen molar-refractivity contribution in [2.75, 3.05) is 18.5 Å². The molecule has 0 atom stereocenters. The third-order valence-electron chi connectivity index (χ3n) is 5.24. The van der Waals surface area contributed by atoms with Crippen LogP contribution in [0.4, 0.5) is 10.1 Å². The minimum absolute atomic E-state index is 0.237. The van der Waals surface area contributed by atoms with Crippen molar-refractivity contribution in [2.24, 2.45) is 0 Å². The molecule has 0 aliphatic rings. The van der Waals surface area contributed by atoms with E-state index < -0.39 is 0 Å². The second-order valence-corrected chi connectivity index (χ2v) is 7.44. The van der Waals surface area contributed by atoms with Gasteiger partial charge in [0.25, 0.3) is 0 Å². The SMILES string of the molecule is CCn1c2ccccc2c2cc(NC(=O)COCC(=O)NCc3ccc(F)cc3)ccc21. The summed E-state index contributed by atoms with van der Waals surface area (Å²) in [6.45, 7) is 2.75. The van der Waals surface area contributed by atoms with Crippen LogP contribution in [0.1, 0.15) is 12.5 Å². The molecule has 4 rings (SSSR count). The van der Waals surface area contributed by atoms with Gasteiger partial charge < -0.3 is 19.9 Å². The normalized spacial score (nSPS) is 11.1. The Hall–Kier alpha value is -3.71. The summed E-state index contributed by atoms with van der Waals surface area (Å²) in [4.78, 5) is 24.1. The topological polar surface area (TPSA) is 72.4 Å². The number of carbonyl (C=O) groups excluding carboxylic acids is 2. The highest BCUT2D eigenvalue weighted by Crippen LogP contribution is 2.30. The molecule has 2 amide bonds. The zero-order valence-electron chi connectivity index (χ0n) is 17.7. The van der Waals surface area contributed by atoms with Crippen LogP contribution in [0.25, 0.3) is 21.8 Å². The minimum Gasteiger partial charge on any atom is -0.362 e. The Bertz CT molecular complexity index is 1260. The molecule has 2 N–H and O–H groups in total. The first-order valence-electron chi connectivity index (χ1n) is 10.4. The van der Waals surface area contributed by atoms with Gasteiger partial charge in [-0.25, -0.2) is 4.39 Å². The molecule has 0 saturated carbocycles. The number of halogens is 1. The van der Waals surface area contributed by atoms with E-state index in [-0.39, 0.29) is 37.4 Å². The third kappa shape index (κ3) is 4.78. The first-order valence-corrected chi connectivity index (χ1v) is 10.4. The summed E-state index contributed by atoms with van der Waals surface area (Å²) in [7, 11) is 0. The average Bonchev–Trinajstić information content (AvgIpc) is 3.11. The number of aromatic nitrogens is 1. The number of nitrogens with one attached hydrogen (secondary N) is 2. The Kier molecular flexibility index (Phi) is 6.47. The van der Waals surface area contributed by atoms with Gasteiger partial charge in [-0.3, -0.25) is 9.59 Å². The van der Waals surface area contributed by atoms with Crippen LogP contribution in [0.15, 0.2) is 66.7 Å². The quantitative estimate of drug-likeness (QED) is 0.437. The number of hydrogen-bond acceptors (Lipinski definition) is 3. The smallest absolute Gasteiger partial charge is 0.250 e. The Morgan fingerprint density at radius 1 is 0.906 bits per heavy atom. The van der Waals surface area contributed by atoms with Crippen molar-refractivity contribution in [3.8, 4) is 0 Å². The highest BCUT2D eigenvalue weighted by Gasteiger charge is 2.11. The molecule has 0 unspecified atom stereocenters. The number of para-hydroxylation sites is 1. The van der Waals surface area contributed by atoms with E-state index in [1.165, 1.54) is 12.1 Å². The molecule has 0 bridgehead atoms. The standard InChI is InChI=1S/C25H24FN3O3/c1-2-29-22-6-4-3-5-20(22)21-13-19(11-12-23(21)29)28-25(31)16-32-15-24(30)27-14-17-7-9-18(26)10-8-17/h3-13H,2,14-16H2,1H3,(H,27,30)(H,28,31). The summed E-state index contributed by atoms with van der Waals surface area (Å²) in [6.07, 6.45) is 0. The molecule has 0 radical (unpaired) electrons. The zero-order chi connectivity index (χ0) is 22.5. The number of nitrogens with zero attached hydrogens (tertiary/aromatic N) is 1. The highest BCUT2D eigenvalue weighted by atomic mass is 19.1. The van der Waals surface area contributed by atoms with Crippen LogP contribution in [0.5, 0.6) is 0 Å². The number of carbonyl (C=O) groups is 2. The predicted molar refractivity (Wildman–Crippen MR) is 123 cm³/mol. The summed E-state index contributed by atoms with van der Waals surface area (Å²) in [5.74, 6) is -1.02. The molecule has 6 nitrogen and oxygen atoms in total. The minimum atomic E-state index is -0.351. The lowest BCUT2D eigenvalue weighted by Gasteiger charge is -2.08. The van der Waals surface area contributed by atoms with E-state index in [0.29, 0.717) is 5.69 Å². The molecular formula is C25H24FN3O3. The lowest BCUT2D eigenvalue weighted by molar-refractivity contribution is -0.128. The van der Waals surface area contributed by atoms with Gasteiger partial charge in [-0.2, -0.15) is 0 Å². The van der Waals surface area contributed by atoms with Crippen LogP contribution < -0.4 is 10.6 Å². The van der Waals surface area contributed by atoms with E-state index in [9.17, 15) is 14.0 Å². The van der Waals surface area contributed by atoms with Gasteiger partial charge in [0.1, 0.15) is 19.0 Å². The molecule has 0 aliphatic carbocycles. The summed E-state index contributed by atoms with van der Waals surface area (Å²) in [6, 6.07) is 19.9. The van der Waals surface area contributed by atoms with E-state index in [1.54, 1.807) is 12.1 Å². The second kappa shape index (κ2) is 9.62. The first kappa shape index (κ1) is 21.5. The van der Waals surface area contributed by atoms with E-state index in [4.69, 9.17) is 4.74 Å². The fourth-order valence-electron chi connectivity index (χ4n) is 3.76. The molecule has 0 spiro atoms. The van der Waals surface area contributed by atoms with Gasteiger partial charge in [0, 0.05) is 40.6 Å². The Balaban J connectivity index is 1.30. The number of rotatable bonds is 8. The number of anilines is 1.